The van der Waals surface area contributed by atoms with Gasteiger partial charge in [0.25, 0.3) is 5.91 Å². The Morgan fingerprint density at radius 3 is 2.58 bits per heavy atom. The minimum absolute atomic E-state index is 0.163. The molecule has 1 N–H and O–H groups in total. The molecule has 1 fully saturated rings. The van der Waals surface area contributed by atoms with Crippen molar-refractivity contribution in [1.29, 1.82) is 0 Å². The molecule has 1 aliphatic heterocycles. The van der Waals surface area contributed by atoms with Crippen LogP contribution in [0, 0.1) is 18.2 Å². The van der Waals surface area contributed by atoms with E-state index in [0.29, 0.717) is 18.5 Å². The summed E-state index contributed by atoms with van der Waals surface area (Å²) >= 11 is 0. The third-order valence-corrected chi connectivity index (χ3v) is 3.57. The Balaban J connectivity index is 2.20. The minimum atomic E-state index is -0.905. The molecule has 0 saturated carbocycles. The number of benzene rings is 1. The van der Waals surface area contributed by atoms with E-state index in [9.17, 15) is 14.0 Å². The lowest BCUT2D eigenvalue weighted by Gasteiger charge is -2.20. The SMILES string of the molecule is Cc1cc(F)cc(C(=O)N2CCC(C)(C(=O)O)C2)c1. The van der Waals surface area contributed by atoms with E-state index in [4.69, 9.17) is 5.11 Å². The summed E-state index contributed by atoms with van der Waals surface area (Å²) < 4.78 is 13.3. The summed E-state index contributed by atoms with van der Waals surface area (Å²) in [5.41, 5.74) is 0.0357. The lowest BCUT2D eigenvalue weighted by molar-refractivity contribution is -0.147. The molecule has 0 bridgehead atoms. The van der Waals surface area contributed by atoms with Crippen LogP contribution in [0.15, 0.2) is 18.2 Å². The first-order chi connectivity index (χ1) is 8.82. The second kappa shape index (κ2) is 4.64. The minimum Gasteiger partial charge on any atom is -0.481 e. The third kappa shape index (κ3) is 2.59. The second-order valence-electron chi connectivity index (χ2n) is 5.36. The van der Waals surface area contributed by atoms with E-state index >= 15 is 0 Å². The quantitative estimate of drug-likeness (QED) is 0.890. The summed E-state index contributed by atoms with van der Waals surface area (Å²) in [4.78, 5) is 24.8. The zero-order valence-corrected chi connectivity index (χ0v) is 10.9. The van der Waals surface area contributed by atoms with Gasteiger partial charge in [-0.2, -0.15) is 0 Å². The predicted molar refractivity (Wildman–Crippen MR) is 67.4 cm³/mol. The molecule has 0 spiro atoms. The van der Waals surface area contributed by atoms with Gasteiger partial charge in [0.15, 0.2) is 0 Å². The zero-order chi connectivity index (χ0) is 14.2. The number of carboxylic acids is 1. The molecule has 1 aliphatic rings. The van der Waals surface area contributed by atoms with Gasteiger partial charge in [-0.3, -0.25) is 9.59 Å². The number of hydrogen-bond donors (Lipinski definition) is 1. The standard InChI is InChI=1S/C14H16FNO3/c1-9-5-10(7-11(15)6-9)12(17)16-4-3-14(2,8-16)13(18)19/h5-7H,3-4,8H2,1-2H3,(H,18,19). The molecule has 0 radical (unpaired) electrons. The first-order valence-electron chi connectivity index (χ1n) is 6.12. The van der Waals surface area contributed by atoms with Crippen LogP contribution in [0.1, 0.15) is 29.3 Å². The molecule has 19 heavy (non-hydrogen) atoms. The normalized spacial score (nSPS) is 22.6. The van der Waals surface area contributed by atoms with E-state index in [0.717, 1.165) is 0 Å². The Bertz CT molecular complexity index is 523. The smallest absolute Gasteiger partial charge is 0.311 e. The highest BCUT2D eigenvalue weighted by molar-refractivity contribution is 5.95. The lowest BCUT2D eigenvalue weighted by atomic mass is 9.90. The average molecular weight is 265 g/mol. The predicted octanol–water partition coefficient (Wildman–Crippen LogP) is 2.07. The Hall–Kier alpha value is -1.91. The maximum absolute atomic E-state index is 13.3. The highest BCUT2D eigenvalue weighted by Crippen LogP contribution is 2.31. The fourth-order valence-corrected chi connectivity index (χ4v) is 2.35. The number of carbonyl (C=O) groups excluding carboxylic acids is 1. The topological polar surface area (TPSA) is 57.6 Å². The number of aryl methyl sites for hydroxylation is 1. The fourth-order valence-electron chi connectivity index (χ4n) is 2.35. The van der Waals surface area contributed by atoms with Crippen molar-refractivity contribution in [3.8, 4) is 0 Å². The van der Waals surface area contributed by atoms with Gasteiger partial charge in [0.1, 0.15) is 5.82 Å². The molecular weight excluding hydrogens is 249 g/mol. The Labute approximate surface area is 110 Å². The van der Waals surface area contributed by atoms with Gasteiger partial charge in [-0.1, -0.05) is 0 Å². The Morgan fingerprint density at radius 1 is 1.37 bits per heavy atom. The lowest BCUT2D eigenvalue weighted by Crippen LogP contribution is -2.34. The number of nitrogens with zero attached hydrogens (tertiary/aromatic N) is 1. The van der Waals surface area contributed by atoms with Gasteiger partial charge < -0.3 is 10.0 Å². The number of rotatable bonds is 2. The fraction of sp³-hybridized carbons (Fsp3) is 0.429. The van der Waals surface area contributed by atoms with E-state index in [1.165, 1.54) is 17.0 Å². The number of amides is 1. The molecule has 2 rings (SSSR count). The summed E-state index contributed by atoms with van der Waals surface area (Å²) in [7, 11) is 0. The van der Waals surface area contributed by atoms with Crippen molar-refractivity contribution in [3.05, 3.63) is 35.1 Å². The summed E-state index contributed by atoms with van der Waals surface area (Å²) in [6.45, 7) is 3.89. The van der Waals surface area contributed by atoms with Gasteiger partial charge in [0.2, 0.25) is 0 Å². The molecule has 1 aromatic rings. The molecule has 1 atom stereocenters. The number of carbonyl (C=O) groups is 2. The third-order valence-electron chi connectivity index (χ3n) is 3.57. The number of carboxylic acid groups (broad SMARTS) is 1. The molecular formula is C14H16FNO3. The first-order valence-corrected chi connectivity index (χ1v) is 6.12. The van der Waals surface area contributed by atoms with Gasteiger partial charge in [0, 0.05) is 18.7 Å². The first kappa shape index (κ1) is 13.5. The van der Waals surface area contributed by atoms with Gasteiger partial charge >= 0.3 is 5.97 Å². The van der Waals surface area contributed by atoms with E-state index < -0.39 is 17.2 Å². The monoisotopic (exact) mass is 265 g/mol. The highest BCUT2D eigenvalue weighted by Gasteiger charge is 2.42. The summed E-state index contributed by atoms with van der Waals surface area (Å²) in [6.07, 6.45) is 0.419. The maximum atomic E-state index is 13.3. The van der Waals surface area contributed by atoms with Crippen LogP contribution in [0.25, 0.3) is 0 Å². The van der Waals surface area contributed by atoms with Crippen LogP contribution >= 0.6 is 0 Å². The molecule has 1 saturated heterocycles. The molecule has 0 aliphatic carbocycles. The van der Waals surface area contributed by atoms with Crippen molar-refractivity contribution in [2.75, 3.05) is 13.1 Å². The van der Waals surface area contributed by atoms with Crippen molar-refractivity contribution in [1.82, 2.24) is 4.90 Å². The molecule has 1 aromatic carbocycles. The van der Waals surface area contributed by atoms with Gasteiger partial charge in [-0.15, -0.1) is 0 Å². The largest absolute Gasteiger partial charge is 0.481 e. The van der Waals surface area contributed by atoms with Crippen molar-refractivity contribution in [3.63, 3.8) is 0 Å². The van der Waals surface area contributed by atoms with Crippen LogP contribution in [0.4, 0.5) is 4.39 Å². The van der Waals surface area contributed by atoms with E-state index in [2.05, 4.69) is 0 Å². The van der Waals surface area contributed by atoms with Crippen LogP contribution in [-0.4, -0.2) is 35.0 Å². The molecule has 102 valence electrons. The molecule has 4 nitrogen and oxygen atoms in total. The molecule has 1 amide bonds. The zero-order valence-electron chi connectivity index (χ0n) is 10.9. The molecule has 1 unspecified atom stereocenters. The molecule has 0 aromatic heterocycles. The summed E-state index contributed by atoms with van der Waals surface area (Å²) in [5.74, 6) is -1.67. The van der Waals surface area contributed by atoms with Crippen LogP contribution in [0.5, 0.6) is 0 Å². The second-order valence-corrected chi connectivity index (χ2v) is 5.36. The summed E-state index contributed by atoms with van der Waals surface area (Å²) in [6, 6.07) is 4.15. The van der Waals surface area contributed by atoms with Gasteiger partial charge in [-0.05, 0) is 44.0 Å². The van der Waals surface area contributed by atoms with Crippen LogP contribution in [0.3, 0.4) is 0 Å². The van der Waals surface area contributed by atoms with Crippen molar-refractivity contribution in [2.45, 2.75) is 20.3 Å². The molecule has 5 heteroatoms. The van der Waals surface area contributed by atoms with Crippen LogP contribution in [-0.2, 0) is 4.79 Å². The number of halogens is 1. The van der Waals surface area contributed by atoms with Crippen molar-refractivity contribution >= 4 is 11.9 Å². The van der Waals surface area contributed by atoms with E-state index in [-0.39, 0.29) is 18.0 Å². The highest BCUT2D eigenvalue weighted by atomic mass is 19.1. The Morgan fingerprint density at radius 2 is 2.05 bits per heavy atom. The van der Waals surface area contributed by atoms with Crippen LogP contribution in [0.2, 0.25) is 0 Å². The maximum Gasteiger partial charge on any atom is 0.311 e. The number of likely N-dealkylation sites (tertiary alicyclic amines) is 1. The number of hydrogen-bond acceptors (Lipinski definition) is 2. The van der Waals surface area contributed by atoms with Crippen molar-refractivity contribution < 1.29 is 19.1 Å². The number of aliphatic carboxylic acids is 1. The van der Waals surface area contributed by atoms with Crippen molar-refractivity contribution in [2.24, 2.45) is 5.41 Å². The van der Waals surface area contributed by atoms with Gasteiger partial charge in [-0.25, -0.2) is 4.39 Å². The van der Waals surface area contributed by atoms with Crippen LogP contribution < -0.4 is 0 Å². The van der Waals surface area contributed by atoms with E-state index in [1.54, 1.807) is 19.9 Å². The average Bonchev–Trinajstić information content (AvgIpc) is 2.71. The Kier molecular flexibility index (Phi) is 3.30. The van der Waals surface area contributed by atoms with Gasteiger partial charge in [0.05, 0.1) is 5.41 Å². The molecule has 1 heterocycles. The van der Waals surface area contributed by atoms with E-state index in [1.807, 2.05) is 0 Å². The summed E-state index contributed by atoms with van der Waals surface area (Å²) in [5, 5.41) is 9.13.